The summed E-state index contributed by atoms with van der Waals surface area (Å²) in [6.07, 6.45) is 0. The van der Waals surface area contributed by atoms with Crippen molar-refractivity contribution in [2.45, 2.75) is 9.79 Å². The third-order valence-electron chi connectivity index (χ3n) is 4.84. The Labute approximate surface area is 203 Å². The van der Waals surface area contributed by atoms with Crippen molar-refractivity contribution in [3.63, 3.8) is 0 Å². The Hall–Kier alpha value is -3.39. The van der Waals surface area contributed by atoms with E-state index in [0.29, 0.717) is 21.2 Å². The lowest BCUT2D eigenvalue weighted by molar-refractivity contribution is -0.385. The molecule has 0 saturated heterocycles. The fraction of sp³-hybridized carbons (Fsp3) is 0. The maximum absolute atomic E-state index is 11.4. The van der Waals surface area contributed by atoms with E-state index in [0.717, 1.165) is 20.9 Å². The van der Waals surface area contributed by atoms with E-state index in [1.807, 2.05) is 12.1 Å². The van der Waals surface area contributed by atoms with E-state index < -0.39 is 9.85 Å². The Morgan fingerprint density at radius 3 is 1.39 bits per heavy atom. The molecule has 0 bridgehead atoms. The molecule has 164 valence electrons. The lowest BCUT2D eigenvalue weighted by atomic mass is 10.0. The Morgan fingerprint density at radius 1 is 0.606 bits per heavy atom. The average Bonchev–Trinajstić information content (AvgIpc) is 2.79. The highest BCUT2D eigenvalue weighted by Crippen LogP contribution is 2.43. The van der Waals surface area contributed by atoms with Gasteiger partial charge < -0.3 is 0 Å². The monoisotopic (exact) mass is 496 g/mol. The van der Waals surface area contributed by atoms with Crippen LogP contribution in [0.5, 0.6) is 0 Å². The van der Waals surface area contributed by atoms with E-state index in [2.05, 4.69) is 0 Å². The van der Waals surface area contributed by atoms with E-state index in [1.54, 1.807) is 48.5 Å². The van der Waals surface area contributed by atoms with E-state index in [-0.39, 0.29) is 11.4 Å². The number of non-ortho nitro benzene ring substituents is 2. The van der Waals surface area contributed by atoms with Crippen molar-refractivity contribution in [2.75, 3.05) is 0 Å². The van der Waals surface area contributed by atoms with E-state index in [4.69, 9.17) is 23.2 Å². The first-order valence-electron chi connectivity index (χ1n) is 9.58. The molecule has 33 heavy (non-hydrogen) atoms. The molecule has 0 amide bonds. The van der Waals surface area contributed by atoms with E-state index >= 15 is 0 Å². The van der Waals surface area contributed by atoms with Crippen molar-refractivity contribution in [2.24, 2.45) is 0 Å². The zero-order valence-corrected chi connectivity index (χ0v) is 19.1. The second-order valence-electron chi connectivity index (χ2n) is 7.00. The van der Waals surface area contributed by atoms with Gasteiger partial charge in [-0.25, -0.2) is 0 Å². The van der Waals surface area contributed by atoms with E-state index in [9.17, 15) is 20.2 Å². The maximum atomic E-state index is 11.4. The summed E-state index contributed by atoms with van der Waals surface area (Å²) in [5.41, 5.74) is 2.61. The summed E-state index contributed by atoms with van der Waals surface area (Å²) in [7, 11) is 0. The van der Waals surface area contributed by atoms with Gasteiger partial charge in [-0.1, -0.05) is 59.2 Å². The van der Waals surface area contributed by atoms with Gasteiger partial charge in [-0.05, 0) is 47.5 Å². The fourth-order valence-corrected chi connectivity index (χ4v) is 4.79. The minimum Gasteiger partial charge on any atom is -0.258 e. The largest absolute Gasteiger partial charge is 0.270 e. The van der Waals surface area contributed by atoms with Crippen molar-refractivity contribution in [1.29, 1.82) is 0 Å². The zero-order chi connectivity index (χ0) is 23.5. The van der Waals surface area contributed by atoms with Crippen LogP contribution in [0.4, 0.5) is 11.4 Å². The normalized spacial score (nSPS) is 10.7. The van der Waals surface area contributed by atoms with Gasteiger partial charge in [-0.15, -0.1) is 0 Å². The molecule has 4 aromatic carbocycles. The second kappa shape index (κ2) is 9.62. The minimum absolute atomic E-state index is 0.0481. The molecule has 0 aromatic heterocycles. The number of halogens is 2. The standard InChI is InChI=1S/C24H14Cl2N2O4S/c25-17-5-1-3-15(11-17)21-13-19(27(29)30)7-9-23(21)33-24-10-8-20(28(31)32)14-22(24)16-4-2-6-18(26)12-16/h1-14H. The topological polar surface area (TPSA) is 86.3 Å². The van der Waals surface area contributed by atoms with Crippen LogP contribution in [0.2, 0.25) is 10.0 Å². The first kappa shape index (κ1) is 22.8. The molecule has 4 aromatic rings. The fourth-order valence-electron chi connectivity index (χ4n) is 3.32. The lowest BCUT2D eigenvalue weighted by Gasteiger charge is -2.13. The summed E-state index contributed by atoms with van der Waals surface area (Å²) >= 11 is 13.7. The van der Waals surface area contributed by atoms with Gasteiger partial charge in [0.1, 0.15) is 0 Å². The van der Waals surface area contributed by atoms with Crippen LogP contribution in [0.3, 0.4) is 0 Å². The highest BCUT2D eigenvalue weighted by Gasteiger charge is 2.18. The molecule has 9 heteroatoms. The minimum atomic E-state index is -0.453. The number of hydrogen-bond donors (Lipinski definition) is 0. The number of nitro benzene ring substituents is 2. The molecule has 0 radical (unpaired) electrons. The molecule has 0 N–H and O–H groups in total. The molecule has 0 aliphatic heterocycles. The molecular formula is C24H14Cl2N2O4S. The molecule has 0 fully saturated rings. The van der Waals surface area contributed by atoms with Crippen molar-refractivity contribution >= 4 is 46.3 Å². The molecule has 0 atom stereocenters. The van der Waals surface area contributed by atoms with Gasteiger partial charge in [0.2, 0.25) is 0 Å². The Balaban J connectivity index is 1.87. The third kappa shape index (κ3) is 5.17. The summed E-state index contributed by atoms with van der Waals surface area (Å²) in [5, 5.41) is 23.8. The Bertz CT molecular complexity index is 1290. The van der Waals surface area contributed by atoms with Crippen LogP contribution in [0.25, 0.3) is 22.3 Å². The van der Waals surface area contributed by atoms with Gasteiger partial charge in [-0.3, -0.25) is 20.2 Å². The molecule has 0 spiro atoms. The van der Waals surface area contributed by atoms with Crippen LogP contribution < -0.4 is 0 Å². The summed E-state index contributed by atoms with van der Waals surface area (Å²) in [5.74, 6) is 0. The van der Waals surface area contributed by atoms with Crippen molar-refractivity contribution in [3.8, 4) is 22.3 Å². The van der Waals surface area contributed by atoms with Crippen molar-refractivity contribution in [3.05, 3.63) is 115 Å². The summed E-state index contributed by atoms with van der Waals surface area (Å²) in [6.45, 7) is 0. The molecule has 0 unspecified atom stereocenters. The Morgan fingerprint density at radius 2 is 1.03 bits per heavy atom. The summed E-state index contributed by atoms with van der Waals surface area (Å²) in [4.78, 5) is 23.3. The zero-order valence-electron chi connectivity index (χ0n) is 16.8. The lowest BCUT2D eigenvalue weighted by Crippen LogP contribution is -1.92. The maximum Gasteiger partial charge on any atom is 0.270 e. The molecular weight excluding hydrogens is 483 g/mol. The van der Waals surface area contributed by atoms with Gasteiger partial charge >= 0.3 is 0 Å². The smallest absolute Gasteiger partial charge is 0.258 e. The highest BCUT2D eigenvalue weighted by atomic mass is 35.5. The highest BCUT2D eigenvalue weighted by molar-refractivity contribution is 7.99. The van der Waals surface area contributed by atoms with Crippen LogP contribution in [-0.2, 0) is 0 Å². The Kier molecular flexibility index (Phi) is 6.65. The van der Waals surface area contributed by atoms with E-state index in [1.165, 1.54) is 36.0 Å². The van der Waals surface area contributed by atoms with Gasteiger partial charge in [0.05, 0.1) is 9.85 Å². The summed E-state index contributed by atoms with van der Waals surface area (Å²) < 4.78 is 0. The van der Waals surface area contributed by atoms with Crippen LogP contribution in [0, 0.1) is 20.2 Å². The van der Waals surface area contributed by atoms with Crippen LogP contribution >= 0.6 is 35.0 Å². The molecule has 0 heterocycles. The SMILES string of the molecule is O=[N+]([O-])c1ccc(Sc2ccc([N+](=O)[O-])cc2-c2cccc(Cl)c2)c(-c2cccc(Cl)c2)c1. The van der Waals surface area contributed by atoms with Gasteiger partial charge in [0, 0.05) is 55.2 Å². The predicted molar refractivity (Wildman–Crippen MR) is 131 cm³/mol. The number of nitrogens with zero attached hydrogens (tertiary/aromatic N) is 2. The van der Waals surface area contributed by atoms with Crippen LogP contribution in [0.15, 0.2) is 94.7 Å². The number of hydrogen-bond acceptors (Lipinski definition) is 5. The summed E-state index contributed by atoms with van der Waals surface area (Å²) in [6, 6.07) is 23.3. The van der Waals surface area contributed by atoms with Gasteiger partial charge in [-0.2, -0.15) is 0 Å². The molecule has 6 nitrogen and oxygen atoms in total. The number of nitro groups is 2. The second-order valence-corrected chi connectivity index (χ2v) is 8.95. The predicted octanol–water partition coefficient (Wildman–Crippen LogP) is 8.30. The first-order valence-corrected chi connectivity index (χ1v) is 11.2. The first-order chi connectivity index (χ1) is 15.8. The van der Waals surface area contributed by atoms with Crippen LogP contribution in [-0.4, -0.2) is 9.85 Å². The number of rotatable bonds is 6. The third-order valence-corrected chi connectivity index (χ3v) is 6.46. The average molecular weight is 497 g/mol. The van der Waals surface area contributed by atoms with Crippen molar-refractivity contribution < 1.29 is 9.85 Å². The molecule has 0 aliphatic rings. The molecule has 0 aliphatic carbocycles. The van der Waals surface area contributed by atoms with Gasteiger partial charge in [0.15, 0.2) is 0 Å². The van der Waals surface area contributed by atoms with Gasteiger partial charge in [0.25, 0.3) is 11.4 Å². The van der Waals surface area contributed by atoms with Crippen molar-refractivity contribution in [1.82, 2.24) is 0 Å². The quantitative estimate of drug-likeness (QED) is 0.198. The number of benzene rings is 4. The van der Waals surface area contributed by atoms with Crippen LogP contribution in [0.1, 0.15) is 0 Å². The molecule has 4 rings (SSSR count). The molecule has 0 saturated carbocycles.